The van der Waals surface area contributed by atoms with Gasteiger partial charge in [0.2, 0.25) is 5.95 Å². The summed E-state index contributed by atoms with van der Waals surface area (Å²) in [6, 6.07) is 13.9. The summed E-state index contributed by atoms with van der Waals surface area (Å²) in [5.41, 5.74) is 3.85. The van der Waals surface area contributed by atoms with Crippen LogP contribution in [0.25, 0.3) is 22.3 Å². The predicted octanol–water partition coefficient (Wildman–Crippen LogP) is 2.79. The number of ether oxygens (including phenoxy) is 2. The molecule has 1 N–H and O–H groups in total. The molecule has 6 rings (SSSR count). The first kappa shape index (κ1) is 22.5. The number of benzene rings is 2. The summed E-state index contributed by atoms with van der Waals surface area (Å²) in [5, 5.41) is 12.0. The fraction of sp³-hybridized carbons (Fsp3) is 0.192. The number of rotatable bonds is 2. The summed E-state index contributed by atoms with van der Waals surface area (Å²) in [6.45, 7) is 1.19. The van der Waals surface area contributed by atoms with Gasteiger partial charge in [-0.05, 0) is 23.8 Å². The van der Waals surface area contributed by atoms with Crippen LogP contribution in [-0.2, 0) is 19.6 Å². The van der Waals surface area contributed by atoms with E-state index < -0.39 is 0 Å². The van der Waals surface area contributed by atoms with Gasteiger partial charge in [-0.3, -0.25) is 19.6 Å². The van der Waals surface area contributed by atoms with Crippen LogP contribution in [-0.4, -0.2) is 49.2 Å². The van der Waals surface area contributed by atoms with Crippen molar-refractivity contribution in [3.63, 3.8) is 0 Å². The van der Waals surface area contributed by atoms with E-state index in [1.165, 1.54) is 10.7 Å². The van der Waals surface area contributed by atoms with Crippen LogP contribution in [0.2, 0.25) is 0 Å². The van der Waals surface area contributed by atoms with Gasteiger partial charge < -0.3 is 14.0 Å². The zero-order valence-electron chi connectivity index (χ0n) is 20.2. The molecular formula is C26H23N7O4. The lowest BCUT2D eigenvalue weighted by Crippen LogP contribution is -2.23. The van der Waals surface area contributed by atoms with E-state index >= 15 is 0 Å². The Balaban J connectivity index is 1.50. The van der Waals surface area contributed by atoms with Gasteiger partial charge in [0.25, 0.3) is 11.5 Å². The van der Waals surface area contributed by atoms with E-state index in [0.29, 0.717) is 47.3 Å². The number of hydrogen-bond acceptors (Lipinski definition) is 7. The van der Waals surface area contributed by atoms with E-state index in [9.17, 15) is 9.59 Å². The molecule has 11 heteroatoms. The third kappa shape index (κ3) is 4.10. The Morgan fingerprint density at radius 1 is 0.946 bits per heavy atom. The summed E-state index contributed by atoms with van der Waals surface area (Å²) in [4.78, 5) is 30.5. The maximum absolute atomic E-state index is 13.3. The van der Waals surface area contributed by atoms with Gasteiger partial charge in [0.1, 0.15) is 0 Å². The van der Waals surface area contributed by atoms with E-state index in [4.69, 9.17) is 14.5 Å². The highest BCUT2D eigenvalue weighted by molar-refractivity contribution is 6.04. The van der Waals surface area contributed by atoms with Gasteiger partial charge in [-0.2, -0.15) is 10.2 Å². The van der Waals surface area contributed by atoms with E-state index in [0.717, 1.165) is 16.6 Å². The summed E-state index contributed by atoms with van der Waals surface area (Å²) >= 11 is 0. The fourth-order valence-corrected chi connectivity index (χ4v) is 4.47. The van der Waals surface area contributed by atoms with Crippen molar-refractivity contribution in [2.75, 3.05) is 19.5 Å². The number of aryl methyl sites for hydroxylation is 2. The standard InChI is InChI=1S/C26H23N7O4/c1-36-22-11-20-21(12-23(22)37-2)32-9-8-31-15-18(13-27-31)19-6-7-24(34)33(30-19)14-16-4-3-5-17(10-16)25(35)29-26(32)28-20/h3-7,10-13,15H,8-9,14H2,1-2H3,(H,28,29,35). The number of anilines is 1. The zero-order chi connectivity index (χ0) is 25.5. The molecule has 37 heavy (non-hydrogen) atoms. The van der Waals surface area contributed by atoms with Gasteiger partial charge in [0.15, 0.2) is 11.5 Å². The number of aromatic nitrogens is 6. The molecule has 2 aromatic carbocycles. The molecule has 11 nitrogen and oxygen atoms in total. The number of imidazole rings is 1. The molecule has 6 bridgehead atoms. The van der Waals surface area contributed by atoms with Crippen molar-refractivity contribution in [1.82, 2.24) is 29.1 Å². The van der Waals surface area contributed by atoms with E-state index in [1.807, 2.05) is 22.9 Å². The third-order valence-electron chi connectivity index (χ3n) is 6.35. The van der Waals surface area contributed by atoms with Crippen LogP contribution in [0.4, 0.5) is 5.95 Å². The van der Waals surface area contributed by atoms with Gasteiger partial charge >= 0.3 is 0 Å². The zero-order valence-corrected chi connectivity index (χ0v) is 20.2. The Labute approximate surface area is 210 Å². The van der Waals surface area contributed by atoms with Gasteiger partial charge in [0, 0.05) is 42.1 Å². The number of nitrogens with zero attached hydrogens (tertiary/aromatic N) is 6. The first-order chi connectivity index (χ1) is 18.0. The van der Waals surface area contributed by atoms with Crippen molar-refractivity contribution < 1.29 is 14.3 Å². The maximum atomic E-state index is 13.3. The van der Waals surface area contributed by atoms with Gasteiger partial charge in [-0.1, -0.05) is 12.1 Å². The maximum Gasteiger partial charge on any atom is 0.267 e. The molecule has 1 aliphatic heterocycles. The first-order valence-electron chi connectivity index (χ1n) is 11.7. The number of hydrogen-bond donors (Lipinski definition) is 1. The van der Waals surface area contributed by atoms with E-state index in [2.05, 4.69) is 15.5 Å². The average molecular weight is 498 g/mol. The highest BCUT2D eigenvalue weighted by Crippen LogP contribution is 2.33. The molecule has 4 heterocycles. The third-order valence-corrected chi connectivity index (χ3v) is 6.35. The van der Waals surface area contributed by atoms with E-state index in [1.54, 1.807) is 55.4 Å². The first-order valence-corrected chi connectivity index (χ1v) is 11.7. The number of carbonyl (C=O) groups excluding carboxylic acids is 1. The Morgan fingerprint density at radius 2 is 1.78 bits per heavy atom. The summed E-state index contributed by atoms with van der Waals surface area (Å²) in [6.07, 6.45) is 3.60. The van der Waals surface area contributed by atoms with Gasteiger partial charge in [-0.15, -0.1) is 0 Å². The van der Waals surface area contributed by atoms with Crippen molar-refractivity contribution in [2.24, 2.45) is 0 Å². The normalized spacial score (nSPS) is 13.2. The average Bonchev–Trinajstić information content (AvgIpc) is 3.51. The molecule has 1 amide bonds. The highest BCUT2D eigenvalue weighted by atomic mass is 16.5. The summed E-state index contributed by atoms with van der Waals surface area (Å²) in [5.74, 6) is 1.18. The molecule has 0 saturated heterocycles. The molecule has 0 radical (unpaired) electrons. The van der Waals surface area contributed by atoms with Crippen LogP contribution >= 0.6 is 0 Å². The second-order valence-electron chi connectivity index (χ2n) is 8.64. The molecule has 186 valence electrons. The molecular weight excluding hydrogens is 474 g/mol. The van der Waals surface area contributed by atoms with Crippen LogP contribution in [0.15, 0.2) is 65.7 Å². The summed E-state index contributed by atoms with van der Waals surface area (Å²) in [7, 11) is 3.14. The van der Waals surface area contributed by atoms with Crippen LogP contribution in [0.5, 0.6) is 11.5 Å². The molecule has 5 aromatic rings. The predicted molar refractivity (Wildman–Crippen MR) is 136 cm³/mol. The Kier molecular flexibility index (Phi) is 5.44. The largest absolute Gasteiger partial charge is 0.493 e. The van der Waals surface area contributed by atoms with Crippen molar-refractivity contribution in [1.29, 1.82) is 0 Å². The molecule has 3 aromatic heterocycles. The Hall–Kier alpha value is -4.93. The number of methoxy groups -OCH3 is 2. The quantitative estimate of drug-likeness (QED) is 0.398. The number of carbonyl (C=O) groups is 1. The molecule has 0 unspecified atom stereocenters. The Morgan fingerprint density at radius 3 is 2.62 bits per heavy atom. The van der Waals surface area contributed by atoms with Gasteiger partial charge in [0.05, 0.1) is 50.2 Å². The SMILES string of the molecule is COc1cc2nc3n(c2cc1OC)CCn1cc(cn1)-c1ccc(=O)n(n1)Cc1cccc(c1)C(=O)N3. The number of amides is 1. The van der Waals surface area contributed by atoms with Crippen LogP contribution in [0.1, 0.15) is 15.9 Å². The summed E-state index contributed by atoms with van der Waals surface area (Å²) < 4.78 is 16.0. The number of fused-ring (bicyclic) bond motifs is 10. The topological polar surface area (TPSA) is 118 Å². The minimum absolute atomic E-state index is 0.222. The lowest BCUT2D eigenvalue weighted by Gasteiger charge is -2.13. The monoisotopic (exact) mass is 497 g/mol. The van der Waals surface area contributed by atoms with Crippen LogP contribution < -0.4 is 20.3 Å². The minimum atomic E-state index is -0.320. The fourth-order valence-electron chi connectivity index (χ4n) is 4.47. The van der Waals surface area contributed by atoms with Crippen molar-refractivity contribution in [3.05, 3.63) is 82.4 Å². The molecule has 0 spiro atoms. The minimum Gasteiger partial charge on any atom is -0.493 e. The lowest BCUT2D eigenvalue weighted by atomic mass is 10.1. The smallest absolute Gasteiger partial charge is 0.267 e. The van der Waals surface area contributed by atoms with Crippen molar-refractivity contribution in [3.8, 4) is 22.8 Å². The van der Waals surface area contributed by atoms with Crippen molar-refractivity contribution >= 4 is 22.9 Å². The van der Waals surface area contributed by atoms with E-state index in [-0.39, 0.29) is 18.0 Å². The molecule has 0 fully saturated rings. The van der Waals surface area contributed by atoms with Gasteiger partial charge in [-0.25, -0.2) is 9.67 Å². The second-order valence-corrected chi connectivity index (χ2v) is 8.64. The van der Waals surface area contributed by atoms with Crippen molar-refractivity contribution in [2.45, 2.75) is 19.6 Å². The highest BCUT2D eigenvalue weighted by Gasteiger charge is 2.19. The Bertz CT molecular complexity index is 1720. The number of nitrogens with one attached hydrogen (secondary N) is 1. The molecule has 1 aliphatic rings. The van der Waals surface area contributed by atoms with Crippen LogP contribution in [0, 0.1) is 0 Å². The second kappa shape index (κ2) is 8.94. The lowest BCUT2D eigenvalue weighted by molar-refractivity contribution is 0.102. The molecule has 0 aliphatic carbocycles. The molecule has 0 saturated carbocycles. The van der Waals surface area contributed by atoms with Crippen LogP contribution in [0.3, 0.4) is 0 Å². The molecule has 0 atom stereocenters.